The van der Waals surface area contributed by atoms with Crippen LogP contribution in [0.4, 0.5) is 0 Å². The third-order valence-electron chi connectivity index (χ3n) is 11.8. The molecule has 0 unspecified atom stereocenters. The van der Waals surface area contributed by atoms with Gasteiger partial charge in [0.1, 0.15) is 29.7 Å². The summed E-state index contributed by atoms with van der Waals surface area (Å²) in [5.74, 6) is -4.98. The zero-order valence-corrected chi connectivity index (χ0v) is 32.9. The van der Waals surface area contributed by atoms with Crippen LogP contribution in [0.25, 0.3) is 0 Å². The summed E-state index contributed by atoms with van der Waals surface area (Å²) in [4.78, 5) is 29.8. The van der Waals surface area contributed by atoms with E-state index in [1.54, 1.807) is 41.5 Å². The SMILES string of the molecule is CC[C@@H]1OC(=O)[C@H](C)[C@H](O[C@@H]2C[C@@](C)(OC)[C@@H](O)[C@H](C)O2)[C@H](C)[C@@H](O[C@@H]2O[C@H](C)C[C@H](N(C)C)[C@@H]2O)[C@](C)(O)C[C@H](C)C(=O)[C@@H](C)[C@@H](O)[C@]1(C)O. The van der Waals surface area contributed by atoms with Crippen LogP contribution in [0.3, 0.4) is 0 Å². The van der Waals surface area contributed by atoms with Crippen LogP contribution in [0.15, 0.2) is 0 Å². The number of ether oxygens (including phenoxy) is 6. The molecule has 0 spiro atoms. The first kappa shape index (κ1) is 44.1. The Morgan fingerprint density at radius 3 is 2.04 bits per heavy atom. The summed E-state index contributed by atoms with van der Waals surface area (Å²) in [6.45, 7) is 16.3. The van der Waals surface area contributed by atoms with Crippen molar-refractivity contribution in [3.8, 4) is 0 Å². The van der Waals surface area contributed by atoms with Gasteiger partial charge in [-0.2, -0.15) is 0 Å². The maximum absolute atomic E-state index is 14.1. The summed E-state index contributed by atoms with van der Waals surface area (Å²) in [5, 5.41) is 57.6. The van der Waals surface area contributed by atoms with Crippen LogP contribution in [-0.4, -0.2) is 148 Å². The van der Waals surface area contributed by atoms with E-state index in [9.17, 15) is 35.1 Å². The third kappa shape index (κ3) is 9.51. The van der Waals surface area contributed by atoms with Gasteiger partial charge in [-0.05, 0) is 74.9 Å². The minimum Gasteiger partial charge on any atom is -0.459 e. The maximum Gasteiger partial charge on any atom is 0.311 e. The van der Waals surface area contributed by atoms with Gasteiger partial charge in [-0.3, -0.25) is 9.59 Å². The summed E-state index contributed by atoms with van der Waals surface area (Å²) in [7, 11) is 5.18. The summed E-state index contributed by atoms with van der Waals surface area (Å²) in [6, 6.07) is -0.324. The molecule has 14 heteroatoms. The molecule has 298 valence electrons. The van der Waals surface area contributed by atoms with Crippen LogP contribution >= 0.6 is 0 Å². The number of carbonyl (C=O) groups excluding carboxylic acids is 2. The molecule has 3 rings (SSSR count). The standard InChI is InChI=1S/C37H67NO13/c1-14-25-37(10,45)30(41)20(4)27(39)18(2)16-35(8,44)32(51-34-28(40)24(38(11)12)15-19(3)47-34)21(5)29(22(6)33(43)49-25)50-26-17-36(9,46-13)31(42)23(7)48-26/h18-26,28-32,34,40-42,44-45H,14-17H2,1-13H3/t18-,19+,20+,21-,22+,23-,24-,25-,26+,28-,29+,30+,31-,32+,34-,35+,36+,37+/m0/s1. The summed E-state index contributed by atoms with van der Waals surface area (Å²) in [5.41, 5.74) is -4.84. The van der Waals surface area contributed by atoms with Gasteiger partial charge in [0.15, 0.2) is 12.6 Å². The van der Waals surface area contributed by atoms with Crippen molar-refractivity contribution in [1.29, 1.82) is 0 Å². The molecular formula is C37H67NO13. The van der Waals surface area contributed by atoms with Crippen LogP contribution in [0, 0.1) is 23.7 Å². The highest BCUT2D eigenvalue weighted by atomic mass is 16.7. The number of ketones is 1. The highest BCUT2D eigenvalue weighted by Crippen LogP contribution is 2.40. The van der Waals surface area contributed by atoms with Gasteiger partial charge < -0.3 is 58.9 Å². The molecule has 0 aromatic heterocycles. The first-order valence-electron chi connectivity index (χ1n) is 18.5. The minimum absolute atomic E-state index is 0.0936. The lowest BCUT2D eigenvalue weighted by Crippen LogP contribution is -2.61. The van der Waals surface area contributed by atoms with Crippen molar-refractivity contribution in [3.63, 3.8) is 0 Å². The number of rotatable bonds is 7. The number of aliphatic hydroxyl groups excluding tert-OH is 3. The van der Waals surface area contributed by atoms with Crippen LogP contribution < -0.4 is 0 Å². The Kier molecular flexibility index (Phi) is 14.7. The quantitative estimate of drug-likeness (QED) is 0.238. The molecule has 0 bridgehead atoms. The smallest absolute Gasteiger partial charge is 0.311 e. The topological polar surface area (TPSA) is 194 Å². The van der Waals surface area contributed by atoms with E-state index in [-0.39, 0.29) is 31.4 Å². The lowest BCUT2D eigenvalue weighted by molar-refractivity contribution is -0.318. The molecule has 3 fully saturated rings. The molecule has 18 atom stereocenters. The predicted molar refractivity (Wildman–Crippen MR) is 186 cm³/mol. The largest absolute Gasteiger partial charge is 0.459 e. The van der Waals surface area contributed by atoms with Gasteiger partial charge in [0.25, 0.3) is 0 Å². The molecule has 3 aliphatic rings. The van der Waals surface area contributed by atoms with Crippen molar-refractivity contribution in [2.45, 2.75) is 179 Å². The second-order valence-corrected chi connectivity index (χ2v) is 16.5. The molecule has 0 amide bonds. The van der Waals surface area contributed by atoms with Gasteiger partial charge in [0.05, 0.1) is 47.6 Å². The molecule has 0 aromatic rings. The first-order chi connectivity index (χ1) is 23.4. The third-order valence-corrected chi connectivity index (χ3v) is 11.8. The average molecular weight is 734 g/mol. The number of likely N-dealkylation sites (N-methyl/N-ethyl adjacent to an activating group) is 1. The second-order valence-electron chi connectivity index (χ2n) is 16.5. The lowest BCUT2D eigenvalue weighted by atomic mass is 9.74. The summed E-state index contributed by atoms with van der Waals surface area (Å²) < 4.78 is 37.1. The van der Waals surface area contributed by atoms with Crippen molar-refractivity contribution >= 4 is 11.8 Å². The number of aliphatic hydroxyl groups is 5. The van der Waals surface area contributed by atoms with E-state index in [4.69, 9.17) is 28.4 Å². The molecule has 5 N–H and O–H groups in total. The highest BCUT2D eigenvalue weighted by molar-refractivity contribution is 5.83. The Hall–Kier alpha value is -1.30. The van der Waals surface area contributed by atoms with E-state index in [2.05, 4.69) is 0 Å². The molecule has 3 aliphatic heterocycles. The molecule has 3 saturated heterocycles. The second kappa shape index (κ2) is 17.0. The van der Waals surface area contributed by atoms with Gasteiger partial charge in [-0.1, -0.05) is 27.7 Å². The van der Waals surface area contributed by atoms with Crippen LogP contribution in [0.2, 0.25) is 0 Å². The predicted octanol–water partition coefficient (Wildman–Crippen LogP) is 1.79. The number of nitrogens with zero attached hydrogens (tertiary/aromatic N) is 1. The van der Waals surface area contributed by atoms with Crippen molar-refractivity contribution in [3.05, 3.63) is 0 Å². The Bertz CT molecular complexity index is 1170. The van der Waals surface area contributed by atoms with Gasteiger partial charge >= 0.3 is 5.97 Å². The molecule has 0 radical (unpaired) electrons. The monoisotopic (exact) mass is 733 g/mol. The van der Waals surface area contributed by atoms with Crippen LogP contribution in [-0.2, 0) is 38.0 Å². The minimum atomic E-state index is -1.99. The van der Waals surface area contributed by atoms with E-state index >= 15 is 0 Å². The Labute approximate surface area is 304 Å². The Morgan fingerprint density at radius 1 is 0.882 bits per heavy atom. The van der Waals surface area contributed by atoms with Gasteiger partial charge in [-0.25, -0.2) is 0 Å². The fourth-order valence-corrected chi connectivity index (χ4v) is 8.41. The molecule has 0 saturated carbocycles. The average Bonchev–Trinajstić information content (AvgIpc) is 3.05. The number of hydrogen-bond acceptors (Lipinski definition) is 14. The summed E-state index contributed by atoms with van der Waals surface area (Å²) in [6.07, 6.45) is -9.71. The molecule has 0 aliphatic carbocycles. The van der Waals surface area contributed by atoms with E-state index < -0.39 is 108 Å². The van der Waals surface area contributed by atoms with Crippen molar-refractivity contribution < 1.29 is 63.5 Å². The highest BCUT2D eigenvalue weighted by Gasteiger charge is 2.53. The molecule has 14 nitrogen and oxygen atoms in total. The van der Waals surface area contributed by atoms with Gasteiger partial charge in [0, 0.05) is 37.3 Å². The number of hydrogen-bond donors (Lipinski definition) is 5. The van der Waals surface area contributed by atoms with E-state index in [1.165, 1.54) is 27.9 Å². The normalized spacial score (nSPS) is 49.7. The number of esters is 1. The van der Waals surface area contributed by atoms with Gasteiger partial charge in [0.2, 0.25) is 0 Å². The molecule has 0 aromatic carbocycles. The van der Waals surface area contributed by atoms with E-state index in [0.29, 0.717) is 6.42 Å². The van der Waals surface area contributed by atoms with Crippen molar-refractivity contribution in [2.75, 3.05) is 21.2 Å². The van der Waals surface area contributed by atoms with E-state index in [0.717, 1.165) is 0 Å². The van der Waals surface area contributed by atoms with E-state index in [1.807, 2.05) is 25.9 Å². The lowest BCUT2D eigenvalue weighted by Gasteiger charge is -2.49. The molecule has 3 heterocycles. The fourth-order valence-electron chi connectivity index (χ4n) is 8.41. The molecular weight excluding hydrogens is 666 g/mol. The summed E-state index contributed by atoms with van der Waals surface area (Å²) >= 11 is 0. The Morgan fingerprint density at radius 2 is 1.49 bits per heavy atom. The first-order valence-corrected chi connectivity index (χ1v) is 18.5. The molecule has 51 heavy (non-hydrogen) atoms. The fraction of sp³-hybridized carbons (Fsp3) is 0.946. The van der Waals surface area contributed by atoms with Crippen molar-refractivity contribution in [2.24, 2.45) is 23.7 Å². The van der Waals surface area contributed by atoms with Crippen LogP contribution in [0.1, 0.15) is 94.9 Å². The zero-order chi connectivity index (χ0) is 39.0. The Balaban J connectivity index is 2.18. The number of Topliss-reactive ketones (excluding diaryl/α,β-unsaturated/α-hetero) is 1. The number of cyclic esters (lactones) is 1. The van der Waals surface area contributed by atoms with Gasteiger partial charge in [-0.15, -0.1) is 0 Å². The van der Waals surface area contributed by atoms with Crippen LogP contribution in [0.5, 0.6) is 0 Å². The number of methoxy groups -OCH3 is 1. The number of carbonyl (C=O) groups is 2. The van der Waals surface area contributed by atoms with Crippen molar-refractivity contribution in [1.82, 2.24) is 4.90 Å². The zero-order valence-electron chi connectivity index (χ0n) is 32.9. The maximum atomic E-state index is 14.1.